The van der Waals surface area contributed by atoms with Gasteiger partial charge < -0.3 is 9.80 Å². The van der Waals surface area contributed by atoms with Crippen LogP contribution in [0.4, 0.5) is 0 Å². The molecule has 0 aliphatic carbocycles. The second kappa shape index (κ2) is 7.62. The lowest BCUT2D eigenvalue weighted by atomic mass is 10.0. The van der Waals surface area contributed by atoms with Crippen LogP contribution in [0.1, 0.15) is 47.4 Å². The van der Waals surface area contributed by atoms with Gasteiger partial charge in [0, 0.05) is 32.2 Å². The number of hydrogen-bond donors (Lipinski definition) is 0. The van der Waals surface area contributed by atoms with Crippen LogP contribution >= 0.6 is 0 Å². The lowest BCUT2D eigenvalue weighted by Gasteiger charge is -2.24. The number of carbonyl (C=O) groups excluding carboxylic acids is 1. The predicted octanol–water partition coefficient (Wildman–Crippen LogP) is 2.96. The Balaban J connectivity index is 1.44. The Kier molecular flexibility index (Phi) is 5.07. The highest BCUT2D eigenvalue weighted by molar-refractivity contribution is 5.92. The van der Waals surface area contributed by atoms with E-state index in [4.69, 9.17) is 0 Å². The summed E-state index contributed by atoms with van der Waals surface area (Å²) in [4.78, 5) is 17.5. The average molecular weight is 352 g/mol. The fourth-order valence-electron chi connectivity index (χ4n) is 4.26. The van der Waals surface area contributed by atoms with E-state index in [1.165, 1.54) is 5.56 Å². The van der Waals surface area contributed by atoms with Crippen molar-refractivity contribution in [3.63, 3.8) is 0 Å². The van der Waals surface area contributed by atoms with Crippen LogP contribution in [0.25, 0.3) is 0 Å². The lowest BCUT2D eigenvalue weighted by molar-refractivity contribution is 0.0723. The van der Waals surface area contributed by atoms with E-state index in [0.29, 0.717) is 11.7 Å². The highest BCUT2D eigenvalue weighted by Gasteiger charge is 2.31. The van der Waals surface area contributed by atoms with Crippen molar-refractivity contribution in [3.05, 3.63) is 53.3 Å². The van der Waals surface area contributed by atoms with Gasteiger partial charge in [0.05, 0.1) is 5.69 Å². The monoisotopic (exact) mass is 352 g/mol. The second-order valence-corrected chi connectivity index (χ2v) is 7.65. The van der Waals surface area contributed by atoms with Gasteiger partial charge in [0.25, 0.3) is 5.91 Å². The molecule has 1 fully saturated rings. The van der Waals surface area contributed by atoms with Crippen molar-refractivity contribution >= 4 is 5.91 Å². The molecule has 0 spiro atoms. The van der Waals surface area contributed by atoms with Gasteiger partial charge in [-0.3, -0.25) is 9.48 Å². The maximum atomic E-state index is 13.1. The van der Waals surface area contributed by atoms with Crippen LogP contribution in [0, 0.1) is 0 Å². The Labute approximate surface area is 155 Å². The molecular weight excluding hydrogens is 324 g/mol. The third kappa shape index (κ3) is 3.68. The minimum Gasteiger partial charge on any atom is -0.334 e. The Bertz CT molecular complexity index is 755. The molecule has 2 aromatic rings. The van der Waals surface area contributed by atoms with Gasteiger partial charge in [-0.25, -0.2) is 0 Å². The summed E-state index contributed by atoms with van der Waals surface area (Å²) >= 11 is 0. The number of fused-ring (bicyclic) bond motifs is 1. The van der Waals surface area contributed by atoms with E-state index in [-0.39, 0.29) is 5.91 Å². The molecule has 1 aromatic carbocycles. The summed E-state index contributed by atoms with van der Waals surface area (Å²) < 4.78 is 2.03. The van der Waals surface area contributed by atoms with Crippen LogP contribution in [-0.4, -0.2) is 51.7 Å². The molecule has 0 N–H and O–H groups in total. The van der Waals surface area contributed by atoms with Crippen molar-refractivity contribution < 1.29 is 4.79 Å². The van der Waals surface area contributed by atoms with Gasteiger partial charge in [-0.1, -0.05) is 30.3 Å². The fraction of sp³-hybridized carbons (Fsp3) is 0.524. The van der Waals surface area contributed by atoms with E-state index in [0.717, 1.165) is 64.0 Å². The zero-order valence-corrected chi connectivity index (χ0v) is 15.6. The van der Waals surface area contributed by atoms with E-state index in [1.807, 2.05) is 10.7 Å². The number of amides is 1. The number of aromatic nitrogens is 2. The molecular formula is C21H28N4O. The van der Waals surface area contributed by atoms with E-state index in [9.17, 15) is 4.79 Å². The van der Waals surface area contributed by atoms with Gasteiger partial charge >= 0.3 is 0 Å². The number of benzene rings is 1. The Morgan fingerprint density at radius 2 is 2.00 bits per heavy atom. The number of carbonyl (C=O) groups is 1. The van der Waals surface area contributed by atoms with Crippen LogP contribution in [0.5, 0.6) is 0 Å². The second-order valence-electron chi connectivity index (χ2n) is 7.65. The molecule has 5 heteroatoms. The summed E-state index contributed by atoms with van der Waals surface area (Å²) in [7, 11) is 2.13. The number of hydrogen-bond acceptors (Lipinski definition) is 3. The van der Waals surface area contributed by atoms with Crippen LogP contribution < -0.4 is 0 Å². The first kappa shape index (κ1) is 17.3. The highest BCUT2D eigenvalue weighted by Crippen LogP contribution is 2.24. The predicted molar refractivity (Wildman–Crippen MR) is 102 cm³/mol. The molecule has 0 saturated carbocycles. The summed E-state index contributed by atoms with van der Waals surface area (Å²) in [5, 5.41) is 4.64. The molecule has 1 atom stereocenters. The van der Waals surface area contributed by atoms with Crippen LogP contribution in [0.15, 0.2) is 36.4 Å². The molecule has 3 heterocycles. The molecule has 1 aromatic heterocycles. The number of rotatable bonds is 4. The van der Waals surface area contributed by atoms with Gasteiger partial charge in [-0.2, -0.15) is 5.10 Å². The van der Waals surface area contributed by atoms with E-state index >= 15 is 0 Å². The van der Waals surface area contributed by atoms with Crippen molar-refractivity contribution in [1.29, 1.82) is 0 Å². The van der Waals surface area contributed by atoms with Crippen LogP contribution in [0.3, 0.4) is 0 Å². The summed E-state index contributed by atoms with van der Waals surface area (Å²) in [5.74, 6) is 0.115. The maximum Gasteiger partial charge on any atom is 0.274 e. The standard InChI is InChI=1S/C21H28N4O/c1-23-12-6-14-25-19(16-23)15-20(22-25)21(26)24-13-5-9-18(24)11-10-17-7-3-2-4-8-17/h2-4,7-8,15,18H,5-6,9-14,16H2,1H3. The van der Waals surface area contributed by atoms with E-state index in [2.05, 4.69) is 52.3 Å². The molecule has 1 amide bonds. The van der Waals surface area contributed by atoms with E-state index < -0.39 is 0 Å². The first-order valence-corrected chi connectivity index (χ1v) is 9.81. The van der Waals surface area contributed by atoms with Crippen molar-refractivity contribution in [2.75, 3.05) is 20.1 Å². The average Bonchev–Trinajstić information content (AvgIpc) is 3.24. The Hall–Kier alpha value is -2.14. The Morgan fingerprint density at radius 3 is 2.85 bits per heavy atom. The van der Waals surface area contributed by atoms with Crippen molar-refractivity contribution in [2.24, 2.45) is 0 Å². The third-order valence-electron chi connectivity index (χ3n) is 5.67. The van der Waals surface area contributed by atoms with Gasteiger partial charge in [0.1, 0.15) is 0 Å². The smallest absolute Gasteiger partial charge is 0.274 e. The van der Waals surface area contributed by atoms with Crippen LogP contribution in [-0.2, 0) is 19.5 Å². The van der Waals surface area contributed by atoms with Gasteiger partial charge in [-0.05, 0) is 50.8 Å². The molecule has 1 unspecified atom stereocenters. The van der Waals surface area contributed by atoms with E-state index in [1.54, 1.807) is 0 Å². The molecule has 0 bridgehead atoms. The van der Waals surface area contributed by atoms with Crippen molar-refractivity contribution in [2.45, 2.75) is 51.2 Å². The number of aryl methyl sites for hydroxylation is 2. The van der Waals surface area contributed by atoms with Gasteiger partial charge in [-0.15, -0.1) is 0 Å². The molecule has 2 aliphatic heterocycles. The fourth-order valence-corrected chi connectivity index (χ4v) is 4.26. The maximum absolute atomic E-state index is 13.1. The molecule has 2 aliphatic rings. The summed E-state index contributed by atoms with van der Waals surface area (Å²) in [6, 6.07) is 12.9. The quantitative estimate of drug-likeness (QED) is 0.849. The first-order chi connectivity index (χ1) is 12.7. The SMILES string of the molecule is CN1CCCn2nc(C(=O)N3CCCC3CCc3ccccc3)cc2C1. The zero-order valence-electron chi connectivity index (χ0n) is 15.6. The largest absolute Gasteiger partial charge is 0.334 e. The van der Waals surface area contributed by atoms with Crippen molar-refractivity contribution in [3.8, 4) is 0 Å². The molecule has 26 heavy (non-hydrogen) atoms. The zero-order chi connectivity index (χ0) is 17.9. The highest BCUT2D eigenvalue weighted by atomic mass is 16.2. The minimum absolute atomic E-state index is 0.115. The number of nitrogens with zero attached hydrogens (tertiary/aromatic N) is 4. The topological polar surface area (TPSA) is 41.4 Å². The summed E-state index contributed by atoms with van der Waals surface area (Å²) in [5.41, 5.74) is 3.14. The van der Waals surface area contributed by atoms with Crippen LogP contribution in [0.2, 0.25) is 0 Å². The van der Waals surface area contributed by atoms with Gasteiger partial charge in [0.15, 0.2) is 5.69 Å². The summed E-state index contributed by atoms with van der Waals surface area (Å²) in [6.45, 7) is 3.73. The Morgan fingerprint density at radius 1 is 1.15 bits per heavy atom. The molecule has 1 saturated heterocycles. The normalized spacial score (nSPS) is 20.8. The minimum atomic E-state index is 0.115. The van der Waals surface area contributed by atoms with Crippen molar-refractivity contribution in [1.82, 2.24) is 19.6 Å². The summed E-state index contributed by atoms with van der Waals surface area (Å²) in [6.07, 6.45) is 5.35. The first-order valence-electron chi connectivity index (χ1n) is 9.81. The molecule has 4 rings (SSSR count). The van der Waals surface area contributed by atoms with Gasteiger partial charge in [0.2, 0.25) is 0 Å². The molecule has 138 valence electrons. The molecule has 5 nitrogen and oxygen atoms in total. The third-order valence-corrected chi connectivity index (χ3v) is 5.67. The lowest BCUT2D eigenvalue weighted by Crippen LogP contribution is -2.36. The number of likely N-dealkylation sites (tertiary alicyclic amines) is 1. The molecule has 0 radical (unpaired) electrons.